The fourth-order valence-electron chi connectivity index (χ4n) is 1.92. The minimum absolute atomic E-state index is 0.230. The first-order chi connectivity index (χ1) is 11.9. The first-order valence-corrected chi connectivity index (χ1v) is 10.3. The van der Waals surface area contributed by atoms with Gasteiger partial charge in [-0.25, -0.2) is 0 Å². The summed E-state index contributed by atoms with van der Waals surface area (Å²) in [6, 6.07) is 5.35. The van der Waals surface area contributed by atoms with Crippen molar-refractivity contribution in [1.29, 1.82) is 0 Å². The molecular weight excluding hydrogens is 378 g/mol. The molecule has 1 amide bonds. The Morgan fingerprint density at radius 2 is 2.16 bits per heavy atom. The van der Waals surface area contributed by atoms with Crippen LogP contribution in [0.2, 0.25) is 5.02 Å². The van der Waals surface area contributed by atoms with Gasteiger partial charge in [-0.2, -0.15) is 0 Å². The maximum atomic E-state index is 12.4. The van der Waals surface area contributed by atoms with E-state index in [1.165, 1.54) is 11.3 Å². The quantitative estimate of drug-likeness (QED) is 0.497. The Morgan fingerprint density at radius 3 is 2.80 bits per heavy atom. The van der Waals surface area contributed by atoms with E-state index < -0.39 is 6.10 Å². The van der Waals surface area contributed by atoms with Crippen molar-refractivity contribution in [3.05, 3.63) is 28.8 Å². The molecule has 0 saturated carbocycles. The lowest BCUT2D eigenvalue weighted by molar-refractivity contribution is -0.122. The Balaban J connectivity index is 1.96. The molecule has 25 heavy (non-hydrogen) atoms. The molecule has 0 fully saturated rings. The van der Waals surface area contributed by atoms with E-state index in [4.69, 9.17) is 16.3 Å². The Morgan fingerprint density at radius 1 is 1.40 bits per heavy atom. The molecule has 1 aromatic carbocycles. The van der Waals surface area contributed by atoms with E-state index in [9.17, 15) is 4.79 Å². The molecule has 8 heteroatoms. The van der Waals surface area contributed by atoms with Crippen LogP contribution in [0.5, 0.6) is 5.75 Å². The standard InChI is InChI=1S/C17H22ClN3O2S2/c1-5-14(23-12-6-7-13(18)11(4)8-12)15(22)19-16-20-21-17(25-16)24-9-10(2)3/h6-8,10,14H,5,9H2,1-4H3,(H,19,20,22)/t14-/m0/s1. The molecule has 1 aromatic heterocycles. The van der Waals surface area contributed by atoms with Gasteiger partial charge in [0.2, 0.25) is 5.13 Å². The third-order valence-corrected chi connectivity index (χ3v) is 6.07. The van der Waals surface area contributed by atoms with Gasteiger partial charge in [-0.1, -0.05) is 55.5 Å². The van der Waals surface area contributed by atoms with Crippen molar-refractivity contribution in [2.75, 3.05) is 11.1 Å². The van der Waals surface area contributed by atoms with Crippen LogP contribution in [0.4, 0.5) is 5.13 Å². The predicted molar refractivity (Wildman–Crippen MR) is 105 cm³/mol. The highest BCUT2D eigenvalue weighted by Crippen LogP contribution is 2.27. The molecule has 1 atom stereocenters. The number of anilines is 1. The number of aryl methyl sites for hydroxylation is 1. The van der Waals surface area contributed by atoms with Crippen LogP contribution in [0.25, 0.3) is 0 Å². The third-order valence-electron chi connectivity index (χ3n) is 3.25. The van der Waals surface area contributed by atoms with E-state index in [0.717, 1.165) is 15.7 Å². The number of benzene rings is 1. The molecule has 136 valence electrons. The second-order valence-electron chi connectivity index (χ2n) is 5.99. The molecular formula is C17H22ClN3O2S2. The van der Waals surface area contributed by atoms with Crippen LogP contribution in [0.1, 0.15) is 32.8 Å². The summed E-state index contributed by atoms with van der Waals surface area (Å²) in [7, 11) is 0. The first kappa shape index (κ1) is 20.0. The minimum atomic E-state index is -0.601. The van der Waals surface area contributed by atoms with Gasteiger partial charge in [0, 0.05) is 10.8 Å². The van der Waals surface area contributed by atoms with Crippen molar-refractivity contribution in [1.82, 2.24) is 10.2 Å². The van der Waals surface area contributed by atoms with E-state index in [1.54, 1.807) is 23.9 Å². The van der Waals surface area contributed by atoms with E-state index in [-0.39, 0.29) is 5.91 Å². The summed E-state index contributed by atoms with van der Waals surface area (Å²) in [5.74, 6) is 1.94. The van der Waals surface area contributed by atoms with Gasteiger partial charge in [-0.05, 0) is 43.0 Å². The molecule has 0 unspecified atom stereocenters. The number of nitrogens with zero attached hydrogens (tertiary/aromatic N) is 2. The van der Waals surface area contributed by atoms with Crippen molar-refractivity contribution in [3.8, 4) is 5.75 Å². The van der Waals surface area contributed by atoms with Crippen LogP contribution < -0.4 is 10.1 Å². The van der Waals surface area contributed by atoms with Crippen molar-refractivity contribution >= 4 is 45.7 Å². The average molecular weight is 400 g/mol. The van der Waals surface area contributed by atoms with E-state index >= 15 is 0 Å². The lowest BCUT2D eigenvalue weighted by atomic mass is 10.2. The molecule has 0 aliphatic heterocycles. The van der Waals surface area contributed by atoms with E-state index in [0.29, 0.717) is 28.2 Å². The zero-order chi connectivity index (χ0) is 18.4. The van der Waals surface area contributed by atoms with Gasteiger partial charge in [-0.15, -0.1) is 10.2 Å². The molecule has 0 spiro atoms. The number of halogens is 1. The highest BCUT2D eigenvalue weighted by molar-refractivity contribution is 8.01. The molecule has 0 aliphatic rings. The molecule has 0 bridgehead atoms. The summed E-state index contributed by atoms with van der Waals surface area (Å²) in [5, 5.41) is 12.1. The van der Waals surface area contributed by atoms with Gasteiger partial charge in [0.25, 0.3) is 5.91 Å². The molecule has 0 aliphatic carbocycles. The van der Waals surface area contributed by atoms with Gasteiger partial charge < -0.3 is 4.74 Å². The summed E-state index contributed by atoms with van der Waals surface area (Å²) in [6.07, 6.45) is -0.0578. The Hall–Kier alpha value is -1.31. The Labute approximate surface area is 161 Å². The second-order valence-corrected chi connectivity index (χ2v) is 8.64. The Bertz CT molecular complexity index is 722. The molecule has 1 N–H and O–H groups in total. The van der Waals surface area contributed by atoms with Crippen molar-refractivity contribution < 1.29 is 9.53 Å². The fraction of sp³-hybridized carbons (Fsp3) is 0.471. The number of hydrogen-bond acceptors (Lipinski definition) is 6. The van der Waals surface area contributed by atoms with Gasteiger partial charge in [-0.3, -0.25) is 10.1 Å². The number of aromatic nitrogens is 2. The summed E-state index contributed by atoms with van der Waals surface area (Å²) in [5.41, 5.74) is 0.908. The highest BCUT2D eigenvalue weighted by Gasteiger charge is 2.20. The predicted octanol–water partition coefficient (Wildman–Crippen LogP) is 5.04. The van der Waals surface area contributed by atoms with Crippen LogP contribution in [0.3, 0.4) is 0 Å². The lowest BCUT2D eigenvalue weighted by Gasteiger charge is -2.16. The number of nitrogens with one attached hydrogen (secondary N) is 1. The summed E-state index contributed by atoms with van der Waals surface area (Å²) in [6.45, 7) is 8.10. The molecule has 1 heterocycles. The topological polar surface area (TPSA) is 64.1 Å². The number of carbonyl (C=O) groups is 1. The number of thioether (sulfide) groups is 1. The van der Waals surface area contributed by atoms with Crippen molar-refractivity contribution in [2.45, 2.75) is 44.6 Å². The number of hydrogen-bond donors (Lipinski definition) is 1. The van der Waals surface area contributed by atoms with Crippen LogP contribution in [0, 0.1) is 12.8 Å². The van der Waals surface area contributed by atoms with Crippen LogP contribution >= 0.6 is 34.7 Å². The highest BCUT2D eigenvalue weighted by atomic mass is 35.5. The minimum Gasteiger partial charge on any atom is -0.481 e. The van der Waals surface area contributed by atoms with E-state index in [1.807, 2.05) is 19.9 Å². The second kappa shape index (κ2) is 9.40. The molecule has 0 radical (unpaired) electrons. The number of ether oxygens (including phenoxy) is 1. The zero-order valence-corrected chi connectivity index (χ0v) is 17.1. The number of amides is 1. The molecule has 0 saturated heterocycles. The number of carbonyl (C=O) groups excluding carboxylic acids is 1. The summed E-state index contributed by atoms with van der Waals surface area (Å²) in [4.78, 5) is 12.4. The monoisotopic (exact) mass is 399 g/mol. The first-order valence-electron chi connectivity index (χ1n) is 8.09. The van der Waals surface area contributed by atoms with Gasteiger partial charge in [0.05, 0.1) is 0 Å². The normalized spacial score (nSPS) is 12.2. The fourth-order valence-corrected chi connectivity index (χ4v) is 3.77. The van der Waals surface area contributed by atoms with Crippen molar-refractivity contribution in [3.63, 3.8) is 0 Å². The maximum Gasteiger partial charge on any atom is 0.267 e. The van der Waals surface area contributed by atoms with E-state index in [2.05, 4.69) is 29.4 Å². The Kier molecular flexibility index (Phi) is 7.53. The smallest absolute Gasteiger partial charge is 0.267 e. The lowest BCUT2D eigenvalue weighted by Crippen LogP contribution is -2.32. The third kappa shape index (κ3) is 6.17. The average Bonchev–Trinajstić information content (AvgIpc) is 3.01. The largest absolute Gasteiger partial charge is 0.481 e. The summed E-state index contributed by atoms with van der Waals surface area (Å²) < 4.78 is 6.65. The van der Waals surface area contributed by atoms with Crippen molar-refractivity contribution in [2.24, 2.45) is 5.92 Å². The zero-order valence-electron chi connectivity index (χ0n) is 14.7. The van der Waals surface area contributed by atoms with Gasteiger partial charge >= 0.3 is 0 Å². The van der Waals surface area contributed by atoms with Crippen LogP contribution in [-0.4, -0.2) is 28.0 Å². The molecule has 5 nitrogen and oxygen atoms in total. The summed E-state index contributed by atoms with van der Waals surface area (Å²) >= 11 is 9.04. The molecule has 2 aromatic rings. The van der Waals surface area contributed by atoms with Gasteiger partial charge in [0.1, 0.15) is 5.75 Å². The van der Waals surface area contributed by atoms with Crippen LogP contribution in [0.15, 0.2) is 22.5 Å². The van der Waals surface area contributed by atoms with Crippen LogP contribution in [-0.2, 0) is 4.79 Å². The van der Waals surface area contributed by atoms with Gasteiger partial charge in [0.15, 0.2) is 10.4 Å². The number of rotatable bonds is 8. The molecule has 2 rings (SSSR count). The maximum absolute atomic E-state index is 12.4. The SMILES string of the molecule is CC[C@H](Oc1ccc(Cl)c(C)c1)C(=O)Nc1nnc(SCC(C)C)s1.